The van der Waals surface area contributed by atoms with Crippen molar-refractivity contribution in [1.29, 1.82) is 0 Å². The summed E-state index contributed by atoms with van der Waals surface area (Å²) in [6.07, 6.45) is -4.94. The second-order valence-electron chi connectivity index (χ2n) is 7.86. The lowest BCUT2D eigenvalue weighted by Gasteiger charge is -2.26. The summed E-state index contributed by atoms with van der Waals surface area (Å²) >= 11 is 0. The Kier molecular flexibility index (Phi) is 6.26. The number of aliphatic hydroxyl groups excluding tert-OH is 1. The normalized spacial score (nSPS) is 17.5. The van der Waals surface area contributed by atoms with Gasteiger partial charge in [-0.2, -0.15) is 0 Å². The monoisotopic (exact) mass is 483 g/mol. The van der Waals surface area contributed by atoms with Crippen molar-refractivity contribution in [3.8, 4) is 11.5 Å². The molecule has 0 saturated carbocycles. The number of alkyl halides is 3. The summed E-state index contributed by atoms with van der Waals surface area (Å²) in [5.74, 6) is -2.51. The van der Waals surface area contributed by atoms with Gasteiger partial charge in [-0.15, -0.1) is 13.2 Å². The summed E-state index contributed by atoms with van der Waals surface area (Å²) < 4.78 is 47.6. The summed E-state index contributed by atoms with van der Waals surface area (Å²) in [6, 6.07) is 16.8. The molecule has 1 unspecified atom stereocenters. The average molecular weight is 483 g/mol. The molecule has 1 heterocycles. The number of hydrogen-bond acceptors (Lipinski definition) is 5. The zero-order valence-electron chi connectivity index (χ0n) is 18.7. The molecule has 3 aromatic carbocycles. The third kappa shape index (κ3) is 4.84. The van der Waals surface area contributed by atoms with Gasteiger partial charge < -0.3 is 14.6 Å². The highest BCUT2D eigenvalue weighted by Gasteiger charge is 2.47. The zero-order chi connectivity index (χ0) is 25.3. The van der Waals surface area contributed by atoms with Gasteiger partial charge >= 0.3 is 6.36 Å². The average Bonchev–Trinajstić information content (AvgIpc) is 3.08. The Morgan fingerprint density at radius 2 is 1.60 bits per heavy atom. The van der Waals surface area contributed by atoms with Gasteiger partial charge in [0.05, 0.1) is 18.7 Å². The van der Waals surface area contributed by atoms with Crippen LogP contribution in [0.3, 0.4) is 0 Å². The van der Waals surface area contributed by atoms with E-state index in [0.29, 0.717) is 16.9 Å². The van der Waals surface area contributed by atoms with Crippen LogP contribution in [0.1, 0.15) is 22.7 Å². The molecule has 1 aliphatic rings. The Morgan fingerprint density at radius 3 is 2.26 bits per heavy atom. The number of hydrogen-bond donors (Lipinski definition) is 1. The van der Waals surface area contributed by atoms with Crippen LogP contribution in [-0.2, 0) is 9.59 Å². The number of carbonyl (C=O) groups excluding carboxylic acids is 2. The topological polar surface area (TPSA) is 76.1 Å². The number of halogens is 3. The molecule has 0 radical (unpaired) electrons. The van der Waals surface area contributed by atoms with Gasteiger partial charge in [-0.3, -0.25) is 14.5 Å². The van der Waals surface area contributed by atoms with Crippen molar-refractivity contribution in [2.24, 2.45) is 0 Å². The second kappa shape index (κ2) is 9.17. The van der Waals surface area contributed by atoms with Crippen molar-refractivity contribution in [1.82, 2.24) is 0 Å². The lowest BCUT2D eigenvalue weighted by molar-refractivity contribution is -0.274. The first kappa shape index (κ1) is 23.9. The zero-order valence-corrected chi connectivity index (χ0v) is 18.7. The van der Waals surface area contributed by atoms with E-state index in [1.54, 1.807) is 48.5 Å². The fraction of sp³-hybridized carbons (Fsp3) is 0.154. The highest BCUT2D eigenvalue weighted by molar-refractivity contribution is 6.51. The van der Waals surface area contributed by atoms with Crippen molar-refractivity contribution in [3.05, 3.63) is 95.1 Å². The van der Waals surface area contributed by atoms with E-state index in [2.05, 4.69) is 4.74 Å². The molecule has 180 valence electrons. The van der Waals surface area contributed by atoms with Gasteiger partial charge in [0, 0.05) is 17.3 Å². The van der Waals surface area contributed by atoms with E-state index in [4.69, 9.17) is 4.74 Å². The highest BCUT2D eigenvalue weighted by atomic mass is 19.4. The van der Waals surface area contributed by atoms with E-state index in [1.807, 2.05) is 6.92 Å². The molecule has 4 rings (SSSR count). The number of nitrogens with zero attached hydrogens (tertiary/aromatic N) is 1. The van der Waals surface area contributed by atoms with E-state index in [0.717, 1.165) is 22.6 Å². The molecule has 3 aromatic rings. The quantitative estimate of drug-likeness (QED) is 0.294. The standard InChI is InChI=1S/C26H20F3NO5/c1-15-9-11-16(12-10-15)23(31)21-22(17-5-3-7-19(13-17)34-2)30(25(33)24(21)32)18-6-4-8-20(14-18)35-26(27,28)29/h3-14,22,31H,1-2H3/b23-21+. The number of benzene rings is 3. The van der Waals surface area contributed by atoms with Crippen molar-refractivity contribution in [2.45, 2.75) is 19.3 Å². The highest BCUT2D eigenvalue weighted by Crippen LogP contribution is 2.43. The lowest BCUT2D eigenvalue weighted by Crippen LogP contribution is -2.29. The van der Waals surface area contributed by atoms with Gasteiger partial charge in [0.15, 0.2) is 0 Å². The maximum absolute atomic E-state index is 13.2. The van der Waals surface area contributed by atoms with Crippen LogP contribution in [0, 0.1) is 6.92 Å². The van der Waals surface area contributed by atoms with Crippen LogP contribution in [0.2, 0.25) is 0 Å². The first-order valence-corrected chi connectivity index (χ1v) is 10.5. The smallest absolute Gasteiger partial charge is 0.507 e. The predicted molar refractivity (Wildman–Crippen MR) is 122 cm³/mol. The first-order chi connectivity index (χ1) is 16.6. The number of aliphatic hydroxyl groups is 1. The van der Waals surface area contributed by atoms with Crippen LogP contribution in [0.5, 0.6) is 11.5 Å². The van der Waals surface area contributed by atoms with Crippen LogP contribution in [0.4, 0.5) is 18.9 Å². The van der Waals surface area contributed by atoms with Crippen LogP contribution in [0.25, 0.3) is 5.76 Å². The molecule has 0 bridgehead atoms. The Bertz CT molecular complexity index is 1320. The summed E-state index contributed by atoms with van der Waals surface area (Å²) in [5, 5.41) is 11.1. The number of ketones is 1. The lowest BCUT2D eigenvalue weighted by atomic mass is 9.94. The van der Waals surface area contributed by atoms with Crippen LogP contribution >= 0.6 is 0 Å². The van der Waals surface area contributed by atoms with Gasteiger partial charge in [0.1, 0.15) is 17.3 Å². The number of Topliss-reactive ketones (excluding diaryl/α,β-unsaturated/α-hetero) is 1. The Morgan fingerprint density at radius 1 is 0.943 bits per heavy atom. The first-order valence-electron chi connectivity index (χ1n) is 10.5. The van der Waals surface area contributed by atoms with Crippen LogP contribution < -0.4 is 14.4 Å². The number of methoxy groups -OCH3 is 1. The van der Waals surface area contributed by atoms with E-state index >= 15 is 0 Å². The molecule has 35 heavy (non-hydrogen) atoms. The number of ether oxygens (including phenoxy) is 2. The fourth-order valence-electron chi connectivity index (χ4n) is 3.92. The summed E-state index contributed by atoms with van der Waals surface area (Å²) in [6.45, 7) is 1.86. The minimum absolute atomic E-state index is 0.00961. The number of anilines is 1. The Labute approximate surface area is 198 Å². The van der Waals surface area contributed by atoms with Crippen LogP contribution in [-0.4, -0.2) is 30.3 Å². The number of rotatable bonds is 5. The van der Waals surface area contributed by atoms with Crippen molar-refractivity contribution in [2.75, 3.05) is 12.0 Å². The minimum atomic E-state index is -4.94. The molecular formula is C26H20F3NO5. The molecule has 0 aliphatic carbocycles. The molecule has 1 saturated heterocycles. The fourth-order valence-corrected chi connectivity index (χ4v) is 3.92. The molecule has 0 aromatic heterocycles. The molecular weight excluding hydrogens is 463 g/mol. The molecule has 1 amide bonds. The maximum Gasteiger partial charge on any atom is 0.573 e. The molecule has 1 fully saturated rings. The minimum Gasteiger partial charge on any atom is -0.507 e. The molecule has 6 nitrogen and oxygen atoms in total. The number of carbonyl (C=O) groups is 2. The number of aryl methyl sites for hydroxylation is 1. The summed E-state index contributed by atoms with van der Waals surface area (Å²) in [4.78, 5) is 27.4. The second-order valence-corrected chi connectivity index (χ2v) is 7.86. The third-order valence-electron chi connectivity index (χ3n) is 5.51. The SMILES string of the molecule is COc1cccc(C2/C(=C(\O)c3ccc(C)cc3)C(=O)C(=O)N2c2cccc(OC(F)(F)F)c2)c1. The van der Waals surface area contributed by atoms with Crippen molar-refractivity contribution in [3.63, 3.8) is 0 Å². The van der Waals surface area contributed by atoms with E-state index in [9.17, 15) is 27.9 Å². The Balaban J connectivity index is 1.91. The molecule has 9 heteroatoms. The third-order valence-corrected chi connectivity index (χ3v) is 5.51. The predicted octanol–water partition coefficient (Wildman–Crippen LogP) is 5.53. The van der Waals surface area contributed by atoms with Gasteiger partial charge in [-0.05, 0) is 36.8 Å². The van der Waals surface area contributed by atoms with E-state index in [1.165, 1.54) is 19.2 Å². The van der Waals surface area contributed by atoms with Gasteiger partial charge in [0.25, 0.3) is 11.7 Å². The largest absolute Gasteiger partial charge is 0.573 e. The summed E-state index contributed by atoms with van der Waals surface area (Å²) in [7, 11) is 1.44. The molecule has 0 spiro atoms. The Hall–Kier alpha value is -4.27. The van der Waals surface area contributed by atoms with E-state index in [-0.39, 0.29) is 11.3 Å². The molecule has 1 aliphatic heterocycles. The van der Waals surface area contributed by atoms with E-state index < -0.39 is 35.6 Å². The van der Waals surface area contributed by atoms with Gasteiger partial charge in [-0.25, -0.2) is 0 Å². The molecule has 1 atom stereocenters. The number of amides is 1. The van der Waals surface area contributed by atoms with Crippen molar-refractivity contribution < 1.29 is 37.3 Å². The van der Waals surface area contributed by atoms with Crippen LogP contribution in [0.15, 0.2) is 78.4 Å². The van der Waals surface area contributed by atoms with Gasteiger partial charge in [-0.1, -0.05) is 48.0 Å². The maximum atomic E-state index is 13.2. The summed E-state index contributed by atoms with van der Waals surface area (Å²) in [5.41, 5.74) is 1.45. The van der Waals surface area contributed by atoms with Crippen molar-refractivity contribution >= 4 is 23.1 Å². The van der Waals surface area contributed by atoms with Gasteiger partial charge in [0.2, 0.25) is 0 Å². The molecule has 1 N–H and O–H groups in total.